The van der Waals surface area contributed by atoms with E-state index in [1.807, 2.05) is 48.5 Å². The molecule has 0 atom stereocenters. The second-order valence-corrected chi connectivity index (χ2v) is 6.00. The third-order valence-corrected chi connectivity index (χ3v) is 4.16. The van der Waals surface area contributed by atoms with Crippen molar-refractivity contribution in [3.05, 3.63) is 89.9 Å². The minimum absolute atomic E-state index is 0.0870. The van der Waals surface area contributed by atoms with Crippen LogP contribution in [0.2, 0.25) is 0 Å². The van der Waals surface area contributed by atoms with Gasteiger partial charge in [-0.15, -0.1) is 0 Å². The SMILES string of the molecule is O=C(NNC(=O)c1oc2ccccc2c1COc1ccccc1)c1ccc[nH]1. The number of furan rings is 1. The molecule has 2 aromatic heterocycles. The minimum Gasteiger partial charge on any atom is -0.489 e. The molecule has 0 aliphatic carbocycles. The molecule has 0 radical (unpaired) electrons. The van der Waals surface area contributed by atoms with E-state index in [9.17, 15) is 9.59 Å². The molecule has 4 aromatic rings. The Morgan fingerprint density at radius 3 is 2.43 bits per heavy atom. The maximum absolute atomic E-state index is 12.6. The van der Waals surface area contributed by atoms with Gasteiger partial charge in [0.15, 0.2) is 0 Å². The first-order valence-electron chi connectivity index (χ1n) is 8.64. The van der Waals surface area contributed by atoms with Crippen molar-refractivity contribution < 1.29 is 18.7 Å². The number of amides is 2. The molecular weight excluding hydrogens is 358 g/mol. The average Bonchev–Trinajstić information content (AvgIpc) is 3.39. The van der Waals surface area contributed by atoms with E-state index in [1.165, 1.54) is 0 Å². The Hall–Kier alpha value is -4.00. The fourth-order valence-electron chi connectivity index (χ4n) is 2.81. The molecule has 0 aliphatic rings. The number of aromatic nitrogens is 1. The fraction of sp³-hybridized carbons (Fsp3) is 0.0476. The summed E-state index contributed by atoms with van der Waals surface area (Å²) in [5.74, 6) is -0.262. The van der Waals surface area contributed by atoms with Crippen molar-refractivity contribution in [2.75, 3.05) is 0 Å². The van der Waals surface area contributed by atoms with Crippen LogP contribution in [0.1, 0.15) is 26.6 Å². The summed E-state index contributed by atoms with van der Waals surface area (Å²) in [5, 5.41) is 0.777. The summed E-state index contributed by atoms with van der Waals surface area (Å²) >= 11 is 0. The van der Waals surface area contributed by atoms with Crippen LogP contribution in [0.15, 0.2) is 77.3 Å². The zero-order valence-corrected chi connectivity index (χ0v) is 14.8. The molecule has 0 unspecified atom stereocenters. The van der Waals surface area contributed by atoms with E-state index >= 15 is 0 Å². The van der Waals surface area contributed by atoms with Crippen molar-refractivity contribution in [2.24, 2.45) is 0 Å². The molecule has 2 heterocycles. The van der Waals surface area contributed by atoms with E-state index in [2.05, 4.69) is 15.8 Å². The Morgan fingerprint density at radius 2 is 1.64 bits per heavy atom. The first kappa shape index (κ1) is 17.4. The Labute approximate surface area is 160 Å². The molecule has 2 aromatic carbocycles. The largest absolute Gasteiger partial charge is 0.489 e. The number of fused-ring (bicyclic) bond motifs is 1. The molecule has 0 aliphatic heterocycles. The highest BCUT2D eigenvalue weighted by Crippen LogP contribution is 2.27. The highest BCUT2D eigenvalue weighted by atomic mass is 16.5. The summed E-state index contributed by atoms with van der Waals surface area (Å²) in [7, 11) is 0. The molecule has 140 valence electrons. The molecule has 0 fully saturated rings. The van der Waals surface area contributed by atoms with E-state index in [4.69, 9.17) is 9.15 Å². The molecule has 2 amide bonds. The molecule has 0 spiro atoms. The second-order valence-electron chi connectivity index (χ2n) is 6.00. The van der Waals surface area contributed by atoms with Crippen molar-refractivity contribution in [3.63, 3.8) is 0 Å². The van der Waals surface area contributed by atoms with Gasteiger partial charge < -0.3 is 14.1 Å². The number of aromatic amines is 1. The van der Waals surface area contributed by atoms with Gasteiger partial charge in [0.2, 0.25) is 5.76 Å². The predicted octanol–water partition coefficient (Wildman–Crippen LogP) is 3.41. The lowest BCUT2D eigenvalue weighted by Gasteiger charge is -2.08. The van der Waals surface area contributed by atoms with Crippen molar-refractivity contribution in [3.8, 4) is 5.75 Å². The average molecular weight is 375 g/mol. The van der Waals surface area contributed by atoms with Crippen molar-refractivity contribution in [1.82, 2.24) is 15.8 Å². The topological polar surface area (TPSA) is 96.4 Å². The number of hydrazine groups is 1. The van der Waals surface area contributed by atoms with Gasteiger partial charge in [0, 0.05) is 17.1 Å². The summed E-state index contributed by atoms with van der Waals surface area (Å²) in [6.45, 7) is 0.147. The number of rotatable bonds is 5. The van der Waals surface area contributed by atoms with Gasteiger partial charge in [0.05, 0.1) is 0 Å². The first-order chi connectivity index (χ1) is 13.7. The van der Waals surface area contributed by atoms with E-state index in [0.717, 1.165) is 5.39 Å². The zero-order chi connectivity index (χ0) is 19.3. The molecule has 4 rings (SSSR count). The highest BCUT2D eigenvalue weighted by molar-refractivity contribution is 6.01. The molecule has 0 bridgehead atoms. The van der Waals surface area contributed by atoms with Gasteiger partial charge in [-0.2, -0.15) is 0 Å². The highest BCUT2D eigenvalue weighted by Gasteiger charge is 2.21. The monoisotopic (exact) mass is 375 g/mol. The van der Waals surface area contributed by atoms with Crippen LogP contribution < -0.4 is 15.6 Å². The van der Waals surface area contributed by atoms with E-state index < -0.39 is 11.8 Å². The molecule has 7 heteroatoms. The number of carbonyl (C=O) groups excluding carboxylic acids is 2. The summed E-state index contributed by atoms with van der Waals surface area (Å²) in [6, 6.07) is 19.9. The molecule has 28 heavy (non-hydrogen) atoms. The number of benzene rings is 2. The van der Waals surface area contributed by atoms with E-state index in [0.29, 0.717) is 22.6 Å². The summed E-state index contributed by atoms with van der Waals surface area (Å²) in [6.07, 6.45) is 1.62. The Balaban J connectivity index is 1.55. The van der Waals surface area contributed by atoms with Crippen molar-refractivity contribution >= 4 is 22.8 Å². The standard InChI is InChI=1S/C21H17N3O4/c25-20(17-10-6-12-22-17)23-24-21(26)19-16(13-27-14-7-2-1-3-8-14)15-9-4-5-11-18(15)28-19/h1-12,22H,13H2,(H,23,25)(H,24,26). The van der Waals surface area contributed by atoms with Crippen LogP contribution in [-0.2, 0) is 6.61 Å². The molecule has 7 nitrogen and oxygen atoms in total. The maximum atomic E-state index is 12.6. The maximum Gasteiger partial charge on any atom is 0.305 e. The van der Waals surface area contributed by atoms with Gasteiger partial charge in [-0.05, 0) is 30.3 Å². The summed E-state index contributed by atoms with van der Waals surface area (Å²) in [5.41, 5.74) is 6.24. The van der Waals surface area contributed by atoms with Crippen molar-refractivity contribution in [2.45, 2.75) is 6.61 Å². The second kappa shape index (κ2) is 7.71. The normalized spacial score (nSPS) is 10.6. The molecule has 0 saturated carbocycles. The van der Waals surface area contributed by atoms with E-state index in [1.54, 1.807) is 24.4 Å². The van der Waals surface area contributed by atoms with Crippen LogP contribution in [-0.4, -0.2) is 16.8 Å². The van der Waals surface area contributed by atoms with Crippen LogP contribution in [0.5, 0.6) is 5.75 Å². The van der Waals surface area contributed by atoms with Gasteiger partial charge in [-0.25, -0.2) is 0 Å². The summed E-state index contributed by atoms with van der Waals surface area (Å²) < 4.78 is 11.5. The predicted molar refractivity (Wildman–Crippen MR) is 103 cm³/mol. The first-order valence-corrected chi connectivity index (χ1v) is 8.64. The van der Waals surface area contributed by atoms with Crippen LogP contribution in [0.3, 0.4) is 0 Å². The number of para-hydroxylation sites is 2. The number of nitrogens with one attached hydrogen (secondary N) is 3. The number of hydrogen-bond donors (Lipinski definition) is 3. The third kappa shape index (κ3) is 3.59. The number of ether oxygens (including phenoxy) is 1. The van der Waals surface area contributed by atoms with Gasteiger partial charge in [-0.3, -0.25) is 20.4 Å². The minimum atomic E-state index is -0.567. The van der Waals surface area contributed by atoms with Gasteiger partial charge in [0.1, 0.15) is 23.6 Å². The van der Waals surface area contributed by atoms with Crippen LogP contribution in [0.4, 0.5) is 0 Å². The number of H-pyrrole nitrogens is 1. The van der Waals surface area contributed by atoms with Gasteiger partial charge in [0.25, 0.3) is 5.91 Å². The number of carbonyl (C=O) groups is 2. The molecule has 3 N–H and O–H groups in total. The van der Waals surface area contributed by atoms with Gasteiger partial charge in [-0.1, -0.05) is 36.4 Å². The molecular formula is C21H17N3O4. The van der Waals surface area contributed by atoms with Gasteiger partial charge >= 0.3 is 5.91 Å². The quantitative estimate of drug-likeness (QED) is 0.466. The fourth-order valence-corrected chi connectivity index (χ4v) is 2.81. The smallest absolute Gasteiger partial charge is 0.305 e. The lowest BCUT2D eigenvalue weighted by Crippen LogP contribution is -2.42. The number of hydrogen-bond acceptors (Lipinski definition) is 4. The lowest BCUT2D eigenvalue weighted by molar-refractivity contribution is 0.0828. The Bertz CT molecular complexity index is 1100. The van der Waals surface area contributed by atoms with Crippen molar-refractivity contribution in [1.29, 1.82) is 0 Å². The zero-order valence-electron chi connectivity index (χ0n) is 14.8. The molecule has 0 saturated heterocycles. The Morgan fingerprint density at radius 1 is 0.893 bits per heavy atom. The van der Waals surface area contributed by atoms with E-state index in [-0.39, 0.29) is 12.4 Å². The lowest BCUT2D eigenvalue weighted by atomic mass is 10.1. The van der Waals surface area contributed by atoms with Crippen LogP contribution in [0.25, 0.3) is 11.0 Å². The summed E-state index contributed by atoms with van der Waals surface area (Å²) in [4.78, 5) is 27.4. The van der Waals surface area contributed by atoms with Crippen LogP contribution in [0, 0.1) is 0 Å². The third-order valence-electron chi connectivity index (χ3n) is 4.16. The van der Waals surface area contributed by atoms with Crippen LogP contribution >= 0.6 is 0 Å². The Kier molecular flexibility index (Phi) is 4.79.